The van der Waals surface area contributed by atoms with E-state index in [4.69, 9.17) is 0 Å². The average molecular weight is 611 g/mol. The molecule has 0 bridgehead atoms. The van der Waals surface area contributed by atoms with Crippen LogP contribution in [-0.4, -0.2) is 41.8 Å². The smallest absolute Gasteiger partial charge is 0.391 e. The molecular weight excluding hydrogens is 561 g/mol. The Kier molecular flexibility index (Phi) is 8.09. The molecule has 4 aliphatic carbocycles. The zero-order valence-corrected chi connectivity index (χ0v) is 26.6. The van der Waals surface area contributed by atoms with Crippen molar-refractivity contribution in [3.05, 3.63) is 42.0 Å². The van der Waals surface area contributed by atoms with Gasteiger partial charge in [-0.2, -0.15) is 13.2 Å². The summed E-state index contributed by atoms with van der Waals surface area (Å²) in [5.74, 6) is 0.523. The first kappa shape index (κ1) is 32.0. The predicted molar refractivity (Wildman–Crippen MR) is 158 cm³/mol. The molecule has 0 spiro atoms. The van der Waals surface area contributed by atoms with Crippen LogP contribution in [0.2, 0.25) is 0 Å². The van der Waals surface area contributed by atoms with E-state index in [1.807, 2.05) is 13.8 Å². The molecule has 3 fully saturated rings. The Bertz CT molecular complexity index is 1290. The topological polar surface area (TPSA) is 74.6 Å². The van der Waals surface area contributed by atoms with Crippen LogP contribution in [0.5, 0.6) is 0 Å². The zero-order chi connectivity index (χ0) is 30.9. The van der Waals surface area contributed by atoms with Gasteiger partial charge in [0.2, 0.25) is 0 Å². The van der Waals surface area contributed by atoms with Crippen molar-refractivity contribution in [2.45, 2.75) is 127 Å². The molecule has 42 heavy (non-hydrogen) atoms. The van der Waals surface area contributed by atoms with Gasteiger partial charge in [-0.15, -0.1) is 0 Å². The maximum absolute atomic E-state index is 14.0. The van der Waals surface area contributed by atoms with Gasteiger partial charge in [-0.05, 0) is 117 Å². The lowest BCUT2D eigenvalue weighted by Gasteiger charge is -2.63. The summed E-state index contributed by atoms with van der Waals surface area (Å²) in [6, 6.07) is 7.99. The number of hydrogen-bond donors (Lipinski definition) is 2. The molecule has 0 saturated heterocycles. The Morgan fingerprint density at radius 3 is 2.24 bits per heavy atom. The molecule has 5 rings (SSSR count). The highest BCUT2D eigenvalue weighted by Crippen LogP contribution is 2.73. The summed E-state index contributed by atoms with van der Waals surface area (Å²) in [7, 11) is -3.99. The molecule has 2 N–H and O–H groups in total. The third-order valence-electron chi connectivity index (χ3n) is 13.0. The van der Waals surface area contributed by atoms with E-state index < -0.39 is 51.7 Å². The van der Waals surface area contributed by atoms with Gasteiger partial charge in [0.05, 0.1) is 28.3 Å². The van der Waals surface area contributed by atoms with E-state index in [2.05, 4.69) is 26.8 Å². The van der Waals surface area contributed by atoms with Gasteiger partial charge >= 0.3 is 6.18 Å². The summed E-state index contributed by atoms with van der Waals surface area (Å²) < 4.78 is 67.8. The van der Waals surface area contributed by atoms with Crippen LogP contribution in [0.25, 0.3) is 0 Å². The lowest BCUT2D eigenvalue weighted by molar-refractivity contribution is -0.154. The Balaban J connectivity index is 1.47. The number of allylic oxidation sites excluding steroid dienone is 1. The lowest BCUT2D eigenvalue weighted by atomic mass is 9.42. The molecule has 1 aromatic rings. The maximum atomic E-state index is 14.0. The highest BCUT2D eigenvalue weighted by molar-refractivity contribution is 7.92. The van der Waals surface area contributed by atoms with Crippen LogP contribution in [0, 0.1) is 39.9 Å². The summed E-state index contributed by atoms with van der Waals surface area (Å²) in [5, 5.41) is 20.2. The minimum absolute atomic E-state index is 0.00953. The first-order chi connectivity index (χ1) is 19.3. The summed E-state index contributed by atoms with van der Waals surface area (Å²) in [5.41, 5.74) is 0.582. The van der Waals surface area contributed by atoms with Crippen LogP contribution in [0.4, 0.5) is 13.2 Å². The van der Waals surface area contributed by atoms with Gasteiger partial charge in [0, 0.05) is 0 Å². The van der Waals surface area contributed by atoms with E-state index in [0.29, 0.717) is 11.8 Å². The van der Waals surface area contributed by atoms with E-state index in [1.165, 1.54) is 17.7 Å². The summed E-state index contributed by atoms with van der Waals surface area (Å²) in [6.07, 6.45) is 1.38. The summed E-state index contributed by atoms with van der Waals surface area (Å²) in [4.78, 5) is 0.0988. The second kappa shape index (κ2) is 10.6. The van der Waals surface area contributed by atoms with Gasteiger partial charge in [-0.1, -0.05) is 57.5 Å². The van der Waals surface area contributed by atoms with Gasteiger partial charge in [-0.25, -0.2) is 8.42 Å². The van der Waals surface area contributed by atoms with Crippen LogP contribution in [0.3, 0.4) is 0 Å². The molecule has 236 valence electrons. The third kappa shape index (κ3) is 5.29. The van der Waals surface area contributed by atoms with Crippen LogP contribution in [-0.2, 0) is 9.84 Å². The molecule has 4 aliphatic rings. The van der Waals surface area contributed by atoms with E-state index >= 15 is 0 Å². The third-order valence-corrected chi connectivity index (χ3v) is 15.3. The molecule has 0 aliphatic heterocycles. The highest BCUT2D eigenvalue weighted by Gasteiger charge is 2.66. The van der Waals surface area contributed by atoms with Crippen LogP contribution in [0.15, 0.2) is 46.9 Å². The Morgan fingerprint density at radius 1 is 0.952 bits per heavy atom. The van der Waals surface area contributed by atoms with Crippen LogP contribution >= 0.6 is 0 Å². The van der Waals surface area contributed by atoms with Gasteiger partial charge in [0.25, 0.3) is 0 Å². The van der Waals surface area contributed by atoms with Gasteiger partial charge in [-0.3, -0.25) is 0 Å². The van der Waals surface area contributed by atoms with Crippen molar-refractivity contribution in [3.8, 4) is 0 Å². The predicted octanol–water partition coefficient (Wildman–Crippen LogP) is 7.89. The fraction of sp³-hybridized carbons (Fsp3) is 0.765. The van der Waals surface area contributed by atoms with Gasteiger partial charge < -0.3 is 10.2 Å². The molecule has 0 heterocycles. The molecule has 2 unspecified atom stereocenters. The Labute approximate surface area is 250 Å². The van der Waals surface area contributed by atoms with E-state index in [9.17, 15) is 31.8 Å². The quantitative estimate of drug-likeness (QED) is 0.308. The summed E-state index contributed by atoms with van der Waals surface area (Å²) in [6.45, 7) is 10.9. The average Bonchev–Trinajstić information content (AvgIpc) is 3.17. The van der Waals surface area contributed by atoms with Crippen LogP contribution < -0.4 is 0 Å². The number of rotatable bonds is 7. The number of alkyl halides is 3. The first-order valence-electron chi connectivity index (χ1n) is 15.8. The standard InChI is InChI=1S/C34H49F3O4S/c1-22(29(19-24(38)21-34(35,36)37)42(40,41)25-9-7-6-8-10-25)26-13-15-33(5)28-12-11-23-20-30(2,39)17-18-31(23,3)27(28)14-16-32(26,33)4/h6-11,22,24,26-29,38-39H,12-21H2,1-5H3/t22-,24?,26+,27-,28+,29?,30-,31-,32+,33-/m0/s1. The second-order valence-corrected chi connectivity index (χ2v) is 17.4. The van der Waals surface area contributed by atoms with E-state index in [0.717, 1.165) is 51.4 Å². The number of fused-ring (bicyclic) bond motifs is 5. The molecule has 8 heteroatoms. The molecule has 10 atom stereocenters. The Hall–Kier alpha value is -1.38. The number of aliphatic hydroxyl groups is 2. The number of aliphatic hydroxyl groups excluding tert-OH is 1. The van der Waals surface area contributed by atoms with Gasteiger partial charge in [0.1, 0.15) is 0 Å². The number of halogens is 3. The fourth-order valence-corrected chi connectivity index (χ4v) is 12.5. The van der Waals surface area contributed by atoms with Crippen molar-refractivity contribution in [1.29, 1.82) is 0 Å². The minimum atomic E-state index is -4.57. The van der Waals surface area contributed by atoms with Crippen molar-refractivity contribution < 1.29 is 31.8 Å². The fourth-order valence-electron chi connectivity index (χ4n) is 10.4. The Morgan fingerprint density at radius 2 is 1.60 bits per heavy atom. The van der Waals surface area contributed by atoms with Crippen molar-refractivity contribution >= 4 is 9.84 Å². The lowest BCUT2D eigenvalue weighted by Crippen LogP contribution is -2.56. The first-order valence-corrected chi connectivity index (χ1v) is 17.3. The second-order valence-electron chi connectivity index (χ2n) is 15.3. The van der Waals surface area contributed by atoms with Crippen molar-refractivity contribution in [2.75, 3.05) is 0 Å². The monoisotopic (exact) mass is 610 g/mol. The SMILES string of the molecule is C[C@H](C(CC(O)CC(F)(F)F)S(=O)(=O)c1ccccc1)[C@H]1CC[C@@]2(C)[C@@H]3CC=C4C[C@@](C)(O)CC[C@]4(C)[C@H]3CC[C@]12C. The highest BCUT2D eigenvalue weighted by atomic mass is 32.2. The van der Waals surface area contributed by atoms with E-state index in [1.54, 1.807) is 18.2 Å². The number of sulfone groups is 1. The molecule has 0 aromatic heterocycles. The minimum Gasteiger partial charge on any atom is -0.393 e. The molecule has 4 nitrogen and oxygen atoms in total. The number of hydrogen-bond acceptors (Lipinski definition) is 4. The molecule has 1 aromatic carbocycles. The molecular formula is C34H49F3O4S. The summed E-state index contributed by atoms with van der Waals surface area (Å²) >= 11 is 0. The van der Waals surface area contributed by atoms with Crippen molar-refractivity contribution in [2.24, 2.45) is 39.9 Å². The largest absolute Gasteiger partial charge is 0.393 e. The van der Waals surface area contributed by atoms with E-state index in [-0.39, 0.29) is 27.1 Å². The van der Waals surface area contributed by atoms with Crippen molar-refractivity contribution in [1.82, 2.24) is 0 Å². The number of benzene rings is 1. The normalized spacial score (nSPS) is 40.7. The molecule has 0 radical (unpaired) electrons. The van der Waals surface area contributed by atoms with Crippen LogP contribution in [0.1, 0.15) is 98.8 Å². The maximum Gasteiger partial charge on any atom is 0.391 e. The van der Waals surface area contributed by atoms with Crippen molar-refractivity contribution in [3.63, 3.8) is 0 Å². The molecule has 3 saturated carbocycles. The molecule has 0 amide bonds. The van der Waals surface area contributed by atoms with Gasteiger partial charge in [0.15, 0.2) is 9.84 Å². The zero-order valence-electron chi connectivity index (χ0n) is 25.8.